The van der Waals surface area contributed by atoms with E-state index in [0.717, 1.165) is 19.3 Å². The molecule has 0 rings (SSSR count). The van der Waals surface area contributed by atoms with Crippen molar-refractivity contribution in [1.29, 1.82) is 0 Å². The SMILES string of the molecule is CCCCCNC(=O)OCCOC. The smallest absolute Gasteiger partial charge is 0.407 e. The Morgan fingerprint density at radius 1 is 1.31 bits per heavy atom. The lowest BCUT2D eigenvalue weighted by atomic mass is 10.2. The normalized spacial score (nSPS) is 9.69. The van der Waals surface area contributed by atoms with Crippen molar-refractivity contribution in [1.82, 2.24) is 5.32 Å². The first-order chi connectivity index (χ1) is 6.31. The first-order valence-corrected chi connectivity index (χ1v) is 4.70. The summed E-state index contributed by atoms with van der Waals surface area (Å²) in [6.45, 7) is 3.58. The molecule has 4 heteroatoms. The Bertz CT molecular complexity index is 128. The molecule has 0 aromatic carbocycles. The first kappa shape index (κ1) is 12.2. The molecular formula is C9H19NO3. The van der Waals surface area contributed by atoms with Gasteiger partial charge in [-0.2, -0.15) is 0 Å². The maximum Gasteiger partial charge on any atom is 0.407 e. The van der Waals surface area contributed by atoms with Crippen molar-refractivity contribution in [3.05, 3.63) is 0 Å². The van der Waals surface area contributed by atoms with E-state index in [1.165, 1.54) is 0 Å². The lowest BCUT2D eigenvalue weighted by Crippen LogP contribution is -2.26. The van der Waals surface area contributed by atoms with Gasteiger partial charge in [0.2, 0.25) is 0 Å². The van der Waals surface area contributed by atoms with Crippen molar-refractivity contribution in [3.8, 4) is 0 Å². The van der Waals surface area contributed by atoms with Gasteiger partial charge in [-0.1, -0.05) is 19.8 Å². The zero-order valence-electron chi connectivity index (χ0n) is 8.47. The summed E-state index contributed by atoms with van der Waals surface area (Å²) >= 11 is 0. The van der Waals surface area contributed by atoms with Gasteiger partial charge in [-0.15, -0.1) is 0 Å². The number of amides is 1. The van der Waals surface area contributed by atoms with Crippen LogP contribution >= 0.6 is 0 Å². The molecule has 0 unspecified atom stereocenters. The number of carbonyl (C=O) groups is 1. The van der Waals surface area contributed by atoms with E-state index in [2.05, 4.69) is 12.2 Å². The molecule has 1 amide bonds. The van der Waals surface area contributed by atoms with Crippen LogP contribution in [0.1, 0.15) is 26.2 Å². The summed E-state index contributed by atoms with van der Waals surface area (Å²) in [5.41, 5.74) is 0. The Balaban J connectivity index is 3.11. The maximum atomic E-state index is 10.9. The molecule has 1 N–H and O–H groups in total. The van der Waals surface area contributed by atoms with Gasteiger partial charge in [0.1, 0.15) is 6.61 Å². The van der Waals surface area contributed by atoms with Crippen molar-refractivity contribution in [2.75, 3.05) is 26.9 Å². The molecule has 0 atom stereocenters. The van der Waals surface area contributed by atoms with E-state index in [9.17, 15) is 4.79 Å². The fourth-order valence-electron chi connectivity index (χ4n) is 0.834. The molecule has 0 aliphatic carbocycles. The molecule has 0 aliphatic heterocycles. The highest BCUT2D eigenvalue weighted by Gasteiger charge is 1.98. The van der Waals surface area contributed by atoms with Crippen LogP contribution in [0.4, 0.5) is 4.79 Å². The maximum absolute atomic E-state index is 10.9. The van der Waals surface area contributed by atoms with E-state index in [1.54, 1.807) is 7.11 Å². The number of alkyl carbamates (subject to hydrolysis) is 1. The van der Waals surface area contributed by atoms with Crippen LogP contribution in [-0.2, 0) is 9.47 Å². The monoisotopic (exact) mass is 189 g/mol. The largest absolute Gasteiger partial charge is 0.447 e. The van der Waals surface area contributed by atoms with Gasteiger partial charge in [-0.3, -0.25) is 0 Å². The van der Waals surface area contributed by atoms with Gasteiger partial charge in [0.25, 0.3) is 0 Å². The van der Waals surface area contributed by atoms with E-state index in [0.29, 0.717) is 19.8 Å². The molecule has 0 spiro atoms. The Hall–Kier alpha value is -0.770. The number of ether oxygens (including phenoxy) is 2. The van der Waals surface area contributed by atoms with Gasteiger partial charge in [0.05, 0.1) is 6.61 Å². The summed E-state index contributed by atoms with van der Waals surface area (Å²) in [4.78, 5) is 10.9. The molecule has 0 saturated heterocycles. The van der Waals surface area contributed by atoms with Gasteiger partial charge in [-0.25, -0.2) is 4.79 Å². The zero-order chi connectivity index (χ0) is 9.94. The summed E-state index contributed by atoms with van der Waals surface area (Å²) in [6.07, 6.45) is 2.95. The second-order valence-corrected chi connectivity index (χ2v) is 2.76. The number of nitrogens with one attached hydrogen (secondary N) is 1. The van der Waals surface area contributed by atoms with Crippen LogP contribution in [0.5, 0.6) is 0 Å². The topological polar surface area (TPSA) is 47.6 Å². The third-order valence-corrected chi connectivity index (χ3v) is 1.57. The fourth-order valence-corrected chi connectivity index (χ4v) is 0.834. The highest BCUT2D eigenvalue weighted by atomic mass is 16.6. The number of carbonyl (C=O) groups excluding carboxylic acids is 1. The van der Waals surface area contributed by atoms with Crippen molar-refractivity contribution in [3.63, 3.8) is 0 Å². The van der Waals surface area contributed by atoms with Gasteiger partial charge >= 0.3 is 6.09 Å². The van der Waals surface area contributed by atoms with Crippen LogP contribution in [-0.4, -0.2) is 33.0 Å². The Labute approximate surface area is 79.6 Å². The number of hydrogen-bond donors (Lipinski definition) is 1. The predicted molar refractivity (Wildman–Crippen MR) is 50.8 cm³/mol. The number of unbranched alkanes of at least 4 members (excludes halogenated alkanes) is 2. The van der Waals surface area contributed by atoms with Gasteiger partial charge in [-0.05, 0) is 6.42 Å². The molecule has 78 valence electrons. The minimum Gasteiger partial charge on any atom is -0.447 e. The molecule has 4 nitrogen and oxygen atoms in total. The van der Waals surface area contributed by atoms with Gasteiger partial charge < -0.3 is 14.8 Å². The fraction of sp³-hybridized carbons (Fsp3) is 0.889. The summed E-state index contributed by atoms with van der Waals surface area (Å²) in [5, 5.41) is 2.66. The molecular weight excluding hydrogens is 170 g/mol. The minimum atomic E-state index is -0.354. The van der Waals surface area contributed by atoms with Crippen molar-refractivity contribution in [2.45, 2.75) is 26.2 Å². The third kappa shape index (κ3) is 9.14. The third-order valence-electron chi connectivity index (χ3n) is 1.57. The Kier molecular flexibility index (Phi) is 8.77. The quantitative estimate of drug-likeness (QED) is 0.618. The molecule has 0 bridgehead atoms. The van der Waals surface area contributed by atoms with Crippen molar-refractivity contribution >= 4 is 6.09 Å². The molecule has 0 aliphatic rings. The minimum absolute atomic E-state index is 0.316. The van der Waals surface area contributed by atoms with E-state index < -0.39 is 0 Å². The van der Waals surface area contributed by atoms with Crippen LogP contribution in [0.3, 0.4) is 0 Å². The lowest BCUT2D eigenvalue weighted by Gasteiger charge is -2.05. The molecule has 0 aromatic heterocycles. The van der Waals surface area contributed by atoms with E-state index in [-0.39, 0.29) is 6.09 Å². The first-order valence-electron chi connectivity index (χ1n) is 4.70. The van der Waals surface area contributed by atoms with E-state index in [1.807, 2.05) is 0 Å². The molecule has 0 fully saturated rings. The summed E-state index contributed by atoms with van der Waals surface area (Å²) < 4.78 is 9.52. The lowest BCUT2D eigenvalue weighted by molar-refractivity contribution is 0.0985. The molecule has 13 heavy (non-hydrogen) atoms. The molecule has 0 heterocycles. The second kappa shape index (κ2) is 9.32. The highest BCUT2D eigenvalue weighted by Crippen LogP contribution is 1.91. The predicted octanol–water partition coefficient (Wildman–Crippen LogP) is 1.55. The summed E-state index contributed by atoms with van der Waals surface area (Å²) in [5.74, 6) is 0. The molecule has 0 radical (unpaired) electrons. The number of methoxy groups -OCH3 is 1. The molecule has 0 saturated carbocycles. The zero-order valence-corrected chi connectivity index (χ0v) is 8.47. The van der Waals surface area contributed by atoms with Gasteiger partial charge in [0.15, 0.2) is 0 Å². The van der Waals surface area contributed by atoms with Crippen LogP contribution in [0.2, 0.25) is 0 Å². The Morgan fingerprint density at radius 2 is 2.08 bits per heavy atom. The van der Waals surface area contributed by atoms with Crippen molar-refractivity contribution in [2.24, 2.45) is 0 Å². The molecule has 0 aromatic rings. The van der Waals surface area contributed by atoms with Crippen molar-refractivity contribution < 1.29 is 14.3 Å². The average Bonchev–Trinajstić information content (AvgIpc) is 2.13. The van der Waals surface area contributed by atoms with E-state index >= 15 is 0 Å². The Morgan fingerprint density at radius 3 is 2.69 bits per heavy atom. The van der Waals surface area contributed by atoms with Crippen LogP contribution in [0, 0.1) is 0 Å². The number of hydrogen-bond acceptors (Lipinski definition) is 3. The standard InChI is InChI=1S/C9H19NO3/c1-3-4-5-6-10-9(11)13-8-7-12-2/h3-8H2,1-2H3,(H,10,11). The summed E-state index contributed by atoms with van der Waals surface area (Å²) in [6, 6.07) is 0. The number of rotatable bonds is 7. The highest BCUT2D eigenvalue weighted by molar-refractivity contribution is 5.66. The van der Waals surface area contributed by atoms with Crippen LogP contribution in [0.15, 0.2) is 0 Å². The average molecular weight is 189 g/mol. The summed E-state index contributed by atoms with van der Waals surface area (Å²) in [7, 11) is 1.57. The second-order valence-electron chi connectivity index (χ2n) is 2.76. The van der Waals surface area contributed by atoms with E-state index in [4.69, 9.17) is 9.47 Å². The van der Waals surface area contributed by atoms with Gasteiger partial charge in [0, 0.05) is 13.7 Å². The van der Waals surface area contributed by atoms with Crippen LogP contribution in [0.25, 0.3) is 0 Å². The van der Waals surface area contributed by atoms with Crippen LogP contribution < -0.4 is 5.32 Å².